The smallest absolute Gasteiger partial charge is 0.0595 e. The number of halogens is 2. The van der Waals surface area contributed by atoms with Crippen LogP contribution in [-0.4, -0.2) is 19.6 Å². The van der Waals surface area contributed by atoms with Crippen LogP contribution in [0.3, 0.4) is 0 Å². The first-order chi connectivity index (χ1) is 8.18. The number of hydrogen-bond acceptors (Lipinski definition) is 2. The highest BCUT2D eigenvalue weighted by molar-refractivity contribution is 6.42. The summed E-state index contributed by atoms with van der Waals surface area (Å²) in [6.45, 7) is 2.74. The fourth-order valence-electron chi connectivity index (χ4n) is 2.57. The molecule has 1 aromatic carbocycles. The van der Waals surface area contributed by atoms with Gasteiger partial charge in [-0.2, -0.15) is 0 Å². The Bertz CT molecular complexity index is 385. The molecular weight excluding hydrogens is 255 g/mol. The average Bonchev–Trinajstić information content (AvgIpc) is 2.59. The third-order valence-electron chi connectivity index (χ3n) is 3.71. The SMILES string of the molecule is NCC1(c2ccc(Cl)c(Cl)c2)CCCNCC1. The molecule has 1 unspecified atom stereocenters. The van der Waals surface area contributed by atoms with Gasteiger partial charge in [0.1, 0.15) is 0 Å². The zero-order chi connectivity index (χ0) is 12.3. The van der Waals surface area contributed by atoms with Crippen LogP contribution in [0.4, 0.5) is 0 Å². The molecule has 1 heterocycles. The van der Waals surface area contributed by atoms with Gasteiger partial charge < -0.3 is 11.1 Å². The van der Waals surface area contributed by atoms with E-state index in [1.54, 1.807) is 0 Å². The summed E-state index contributed by atoms with van der Waals surface area (Å²) >= 11 is 12.1. The minimum Gasteiger partial charge on any atom is -0.330 e. The van der Waals surface area contributed by atoms with Crippen LogP contribution in [0.2, 0.25) is 10.0 Å². The molecule has 1 saturated heterocycles. The van der Waals surface area contributed by atoms with Crippen LogP contribution < -0.4 is 11.1 Å². The molecule has 0 radical (unpaired) electrons. The van der Waals surface area contributed by atoms with Crippen molar-refractivity contribution >= 4 is 23.2 Å². The Labute approximate surface area is 112 Å². The molecule has 0 bridgehead atoms. The maximum Gasteiger partial charge on any atom is 0.0595 e. The summed E-state index contributed by atoms with van der Waals surface area (Å²) in [5.41, 5.74) is 7.30. The van der Waals surface area contributed by atoms with Crippen molar-refractivity contribution in [1.29, 1.82) is 0 Å². The van der Waals surface area contributed by atoms with Gasteiger partial charge in [0.2, 0.25) is 0 Å². The van der Waals surface area contributed by atoms with E-state index < -0.39 is 0 Å². The summed E-state index contributed by atoms with van der Waals surface area (Å²) < 4.78 is 0. The molecule has 1 aromatic rings. The summed E-state index contributed by atoms with van der Waals surface area (Å²) in [5.74, 6) is 0. The Hall–Kier alpha value is -0.280. The Kier molecular flexibility index (Phi) is 4.31. The van der Waals surface area contributed by atoms with Crippen LogP contribution in [0, 0.1) is 0 Å². The number of hydrogen-bond donors (Lipinski definition) is 2. The maximum atomic E-state index is 6.10. The summed E-state index contributed by atoms with van der Waals surface area (Å²) in [6, 6.07) is 5.91. The first-order valence-electron chi connectivity index (χ1n) is 6.04. The van der Waals surface area contributed by atoms with Crippen molar-refractivity contribution in [3.05, 3.63) is 33.8 Å². The minimum absolute atomic E-state index is 0.0533. The molecule has 17 heavy (non-hydrogen) atoms. The Morgan fingerprint density at radius 3 is 2.71 bits per heavy atom. The normalized spacial score (nSPS) is 25.6. The van der Waals surface area contributed by atoms with Gasteiger partial charge >= 0.3 is 0 Å². The van der Waals surface area contributed by atoms with Crippen molar-refractivity contribution in [3.8, 4) is 0 Å². The van der Waals surface area contributed by atoms with E-state index in [4.69, 9.17) is 28.9 Å². The molecule has 4 heteroatoms. The lowest BCUT2D eigenvalue weighted by atomic mass is 9.74. The molecule has 1 fully saturated rings. The molecule has 1 atom stereocenters. The molecular formula is C13H18Cl2N2. The number of benzene rings is 1. The fourth-order valence-corrected chi connectivity index (χ4v) is 2.86. The second-order valence-corrected chi connectivity index (χ2v) is 5.53. The number of nitrogens with two attached hydrogens (primary N) is 1. The predicted molar refractivity (Wildman–Crippen MR) is 73.9 cm³/mol. The van der Waals surface area contributed by atoms with Crippen molar-refractivity contribution in [3.63, 3.8) is 0 Å². The Morgan fingerprint density at radius 1 is 1.18 bits per heavy atom. The van der Waals surface area contributed by atoms with Crippen molar-refractivity contribution in [2.75, 3.05) is 19.6 Å². The highest BCUT2D eigenvalue weighted by Gasteiger charge is 2.31. The Morgan fingerprint density at radius 2 is 2.00 bits per heavy atom. The largest absolute Gasteiger partial charge is 0.330 e. The van der Waals surface area contributed by atoms with Gasteiger partial charge in [-0.25, -0.2) is 0 Å². The molecule has 3 N–H and O–H groups in total. The second kappa shape index (κ2) is 5.57. The highest BCUT2D eigenvalue weighted by atomic mass is 35.5. The van der Waals surface area contributed by atoms with E-state index in [0.717, 1.165) is 32.4 Å². The lowest BCUT2D eigenvalue weighted by molar-refractivity contribution is 0.391. The van der Waals surface area contributed by atoms with E-state index in [1.165, 1.54) is 5.56 Å². The first kappa shape index (κ1) is 13.2. The summed E-state index contributed by atoms with van der Waals surface area (Å²) in [7, 11) is 0. The van der Waals surface area contributed by atoms with E-state index >= 15 is 0 Å². The molecule has 0 spiro atoms. The zero-order valence-corrected chi connectivity index (χ0v) is 11.3. The van der Waals surface area contributed by atoms with Crippen LogP contribution in [0.25, 0.3) is 0 Å². The topological polar surface area (TPSA) is 38.0 Å². The van der Waals surface area contributed by atoms with Crippen molar-refractivity contribution in [2.24, 2.45) is 5.73 Å². The van der Waals surface area contributed by atoms with Gasteiger partial charge in [-0.3, -0.25) is 0 Å². The van der Waals surface area contributed by atoms with Gasteiger partial charge in [-0.1, -0.05) is 29.3 Å². The molecule has 0 aromatic heterocycles. The van der Waals surface area contributed by atoms with Crippen LogP contribution in [0.1, 0.15) is 24.8 Å². The van der Waals surface area contributed by atoms with Crippen LogP contribution in [0.15, 0.2) is 18.2 Å². The van der Waals surface area contributed by atoms with E-state index in [9.17, 15) is 0 Å². The molecule has 2 rings (SSSR count). The van der Waals surface area contributed by atoms with Gasteiger partial charge in [0.25, 0.3) is 0 Å². The molecule has 1 aliphatic heterocycles. The zero-order valence-electron chi connectivity index (χ0n) is 9.81. The molecule has 1 aliphatic rings. The minimum atomic E-state index is 0.0533. The third-order valence-corrected chi connectivity index (χ3v) is 4.45. The maximum absolute atomic E-state index is 6.10. The first-order valence-corrected chi connectivity index (χ1v) is 6.80. The molecule has 94 valence electrons. The lowest BCUT2D eigenvalue weighted by Gasteiger charge is -2.32. The second-order valence-electron chi connectivity index (χ2n) is 4.72. The van der Waals surface area contributed by atoms with Gasteiger partial charge in [0.05, 0.1) is 10.0 Å². The van der Waals surface area contributed by atoms with Crippen molar-refractivity contribution in [1.82, 2.24) is 5.32 Å². The number of nitrogens with one attached hydrogen (secondary N) is 1. The van der Waals surface area contributed by atoms with Gasteiger partial charge in [-0.15, -0.1) is 0 Å². The highest BCUT2D eigenvalue weighted by Crippen LogP contribution is 2.36. The molecule has 0 amide bonds. The average molecular weight is 273 g/mol. The van der Waals surface area contributed by atoms with Gasteiger partial charge in [-0.05, 0) is 50.0 Å². The van der Waals surface area contributed by atoms with E-state index in [0.29, 0.717) is 16.6 Å². The summed E-state index contributed by atoms with van der Waals surface area (Å²) in [4.78, 5) is 0. The van der Waals surface area contributed by atoms with Crippen molar-refractivity contribution in [2.45, 2.75) is 24.7 Å². The summed E-state index contributed by atoms with van der Waals surface area (Å²) in [6.07, 6.45) is 3.31. The van der Waals surface area contributed by atoms with Crippen LogP contribution in [0.5, 0.6) is 0 Å². The molecule has 2 nitrogen and oxygen atoms in total. The van der Waals surface area contributed by atoms with Gasteiger partial charge in [0.15, 0.2) is 0 Å². The van der Waals surface area contributed by atoms with E-state index in [2.05, 4.69) is 11.4 Å². The molecule has 0 saturated carbocycles. The van der Waals surface area contributed by atoms with Crippen LogP contribution in [-0.2, 0) is 5.41 Å². The van der Waals surface area contributed by atoms with E-state index in [-0.39, 0.29) is 5.41 Å². The van der Waals surface area contributed by atoms with Crippen molar-refractivity contribution < 1.29 is 0 Å². The Balaban J connectivity index is 2.35. The monoisotopic (exact) mass is 272 g/mol. The van der Waals surface area contributed by atoms with Crippen LogP contribution >= 0.6 is 23.2 Å². The summed E-state index contributed by atoms with van der Waals surface area (Å²) in [5, 5.41) is 4.64. The lowest BCUT2D eigenvalue weighted by Crippen LogP contribution is -2.36. The molecule has 0 aliphatic carbocycles. The fraction of sp³-hybridized carbons (Fsp3) is 0.538. The number of rotatable bonds is 2. The van der Waals surface area contributed by atoms with E-state index in [1.807, 2.05) is 12.1 Å². The third kappa shape index (κ3) is 2.76. The predicted octanol–water partition coefficient (Wildman–Crippen LogP) is 2.96. The quantitative estimate of drug-likeness (QED) is 0.869. The van der Waals surface area contributed by atoms with Gasteiger partial charge in [0, 0.05) is 12.0 Å². The standard InChI is InChI=1S/C13H18Cl2N2/c14-11-3-2-10(8-12(11)15)13(9-16)4-1-6-17-7-5-13/h2-3,8,17H,1,4-7,9,16H2.